The number of anilines is 1. The molecule has 1 N–H and O–H groups in total. The fourth-order valence-electron chi connectivity index (χ4n) is 3.56. The number of rotatable bonds is 5. The van der Waals surface area contributed by atoms with E-state index in [9.17, 15) is 14.0 Å². The number of nitrogens with zero attached hydrogens (tertiary/aromatic N) is 1. The number of halogens is 1. The highest BCUT2D eigenvalue weighted by molar-refractivity contribution is 6.07. The van der Waals surface area contributed by atoms with Crippen molar-refractivity contribution in [2.45, 2.75) is 13.0 Å². The van der Waals surface area contributed by atoms with Crippen molar-refractivity contribution in [2.24, 2.45) is 0 Å². The van der Waals surface area contributed by atoms with E-state index in [0.717, 1.165) is 23.2 Å². The number of hydrogen-bond acceptors (Lipinski definition) is 3. The monoisotopic (exact) mass is 404 g/mol. The number of amides is 2. The molecule has 5 nitrogen and oxygen atoms in total. The van der Waals surface area contributed by atoms with Crippen LogP contribution < -0.4 is 15.0 Å². The van der Waals surface area contributed by atoms with E-state index in [1.54, 1.807) is 48.4 Å². The van der Waals surface area contributed by atoms with Gasteiger partial charge in [0.15, 0.2) is 0 Å². The molecule has 1 aliphatic heterocycles. The average Bonchev–Trinajstić information content (AvgIpc) is 3.20. The Bertz CT molecular complexity index is 1100. The third-order valence-electron chi connectivity index (χ3n) is 5.20. The van der Waals surface area contributed by atoms with Crippen LogP contribution in [0.25, 0.3) is 0 Å². The van der Waals surface area contributed by atoms with E-state index in [-0.39, 0.29) is 18.0 Å². The average molecular weight is 404 g/mol. The minimum absolute atomic E-state index is 0.00923. The van der Waals surface area contributed by atoms with Crippen LogP contribution in [0, 0.1) is 5.82 Å². The van der Waals surface area contributed by atoms with Gasteiger partial charge in [-0.25, -0.2) is 4.39 Å². The summed E-state index contributed by atoms with van der Waals surface area (Å²) in [5.41, 5.74) is 3.36. The lowest BCUT2D eigenvalue weighted by molar-refractivity contribution is 0.0945. The number of carbonyl (C=O) groups excluding carboxylic acids is 2. The molecule has 1 aliphatic rings. The molecule has 152 valence electrons. The fraction of sp³-hybridized carbons (Fsp3) is 0.167. The van der Waals surface area contributed by atoms with E-state index in [4.69, 9.17) is 4.74 Å². The summed E-state index contributed by atoms with van der Waals surface area (Å²) in [6.07, 6.45) is 0.777. The maximum Gasteiger partial charge on any atom is 0.258 e. The molecule has 4 rings (SSSR count). The molecule has 1 heterocycles. The molecule has 0 fully saturated rings. The molecular weight excluding hydrogens is 383 g/mol. The molecule has 0 radical (unpaired) electrons. The van der Waals surface area contributed by atoms with Gasteiger partial charge in [-0.1, -0.05) is 24.3 Å². The number of carbonyl (C=O) groups is 2. The van der Waals surface area contributed by atoms with E-state index in [0.29, 0.717) is 17.9 Å². The molecule has 0 aliphatic carbocycles. The first-order chi connectivity index (χ1) is 14.6. The Hall–Kier alpha value is -3.67. The zero-order valence-corrected chi connectivity index (χ0v) is 16.5. The van der Waals surface area contributed by atoms with Crippen LogP contribution in [-0.4, -0.2) is 25.5 Å². The summed E-state index contributed by atoms with van der Waals surface area (Å²) < 4.78 is 18.9. The topological polar surface area (TPSA) is 58.6 Å². The normalized spacial score (nSPS) is 12.4. The minimum atomic E-state index is -0.555. The first-order valence-corrected chi connectivity index (χ1v) is 9.67. The predicted molar refractivity (Wildman–Crippen MR) is 112 cm³/mol. The Morgan fingerprint density at radius 2 is 1.83 bits per heavy atom. The second kappa shape index (κ2) is 8.37. The van der Waals surface area contributed by atoms with Crippen LogP contribution >= 0.6 is 0 Å². The van der Waals surface area contributed by atoms with Gasteiger partial charge in [-0.05, 0) is 60.0 Å². The zero-order valence-electron chi connectivity index (χ0n) is 16.5. The van der Waals surface area contributed by atoms with Gasteiger partial charge in [-0.3, -0.25) is 9.59 Å². The van der Waals surface area contributed by atoms with Crippen molar-refractivity contribution in [1.82, 2.24) is 5.32 Å². The summed E-state index contributed by atoms with van der Waals surface area (Å²) in [6.45, 7) is 0.844. The summed E-state index contributed by atoms with van der Waals surface area (Å²) in [5, 5.41) is 2.74. The lowest BCUT2D eigenvalue weighted by Gasteiger charge is -2.18. The third-order valence-corrected chi connectivity index (χ3v) is 5.20. The second-order valence-corrected chi connectivity index (χ2v) is 7.06. The number of methoxy groups -OCH3 is 1. The van der Waals surface area contributed by atoms with Crippen LogP contribution in [0.5, 0.6) is 5.75 Å². The Labute approximate surface area is 174 Å². The number of hydrogen-bond donors (Lipinski definition) is 1. The van der Waals surface area contributed by atoms with Gasteiger partial charge in [0.25, 0.3) is 11.8 Å². The van der Waals surface area contributed by atoms with E-state index >= 15 is 0 Å². The van der Waals surface area contributed by atoms with Crippen LogP contribution in [-0.2, 0) is 13.0 Å². The van der Waals surface area contributed by atoms with Crippen LogP contribution in [0.2, 0.25) is 0 Å². The summed E-state index contributed by atoms with van der Waals surface area (Å²) in [4.78, 5) is 27.0. The van der Waals surface area contributed by atoms with Gasteiger partial charge < -0.3 is 15.0 Å². The standard InChI is InChI=1S/C24H21FN2O3/c1-30-19-10-8-18(9-11-19)24(29)27-13-12-17-7-6-16(14-22(17)27)15-26-23(28)20-4-2-3-5-21(20)25/h2-11,14H,12-13,15H2,1H3,(H,26,28). The van der Waals surface area contributed by atoms with E-state index in [1.165, 1.54) is 12.1 Å². The Balaban J connectivity index is 1.49. The molecule has 6 heteroatoms. The third kappa shape index (κ3) is 3.89. The van der Waals surface area contributed by atoms with Crippen LogP contribution in [0.1, 0.15) is 31.8 Å². The van der Waals surface area contributed by atoms with Gasteiger partial charge >= 0.3 is 0 Å². The molecule has 3 aromatic carbocycles. The fourth-order valence-corrected chi connectivity index (χ4v) is 3.56. The van der Waals surface area contributed by atoms with E-state index < -0.39 is 11.7 Å². The smallest absolute Gasteiger partial charge is 0.258 e. The SMILES string of the molecule is COc1ccc(C(=O)N2CCc3ccc(CNC(=O)c4ccccc4F)cc32)cc1. The molecule has 0 unspecified atom stereocenters. The van der Waals surface area contributed by atoms with Crippen molar-refractivity contribution in [3.63, 3.8) is 0 Å². The Morgan fingerprint density at radius 1 is 1.07 bits per heavy atom. The van der Waals surface area contributed by atoms with Crippen LogP contribution in [0.15, 0.2) is 66.7 Å². The molecule has 0 saturated carbocycles. The lowest BCUT2D eigenvalue weighted by Crippen LogP contribution is -2.29. The van der Waals surface area contributed by atoms with Crippen molar-refractivity contribution in [3.8, 4) is 5.75 Å². The van der Waals surface area contributed by atoms with Gasteiger partial charge in [0.1, 0.15) is 11.6 Å². The van der Waals surface area contributed by atoms with Crippen molar-refractivity contribution in [1.29, 1.82) is 0 Å². The molecule has 0 saturated heterocycles. The zero-order chi connectivity index (χ0) is 21.1. The first kappa shape index (κ1) is 19.6. The van der Waals surface area contributed by atoms with Crippen molar-refractivity contribution in [3.05, 3.63) is 94.8 Å². The van der Waals surface area contributed by atoms with Gasteiger partial charge in [0, 0.05) is 24.3 Å². The molecule has 2 amide bonds. The Kier molecular flexibility index (Phi) is 5.48. The molecule has 0 atom stereocenters. The number of benzene rings is 3. The Morgan fingerprint density at radius 3 is 2.57 bits per heavy atom. The molecule has 0 spiro atoms. The minimum Gasteiger partial charge on any atom is -0.497 e. The van der Waals surface area contributed by atoms with Crippen molar-refractivity contribution in [2.75, 3.05) is 18.6 Å². The van der Waals surface area contributed by atoms with Gasteiger partial charge in [0.2, 0.25) is 0 Å². The number of fused-ring (bicyclic) bond motifs is 1. The van der Waals surface area contributed by atoms with Crippen molar-refractivity contribution >= 4 is 17.5 Å². The van der Waals surface area contributed by atoms with Crippen molar-refractivity contribution < 1.29 is 18.7 Å². The molecule has 0 bridgehead atoms. The molecule has 3 aromatic rings. The van der Waals surface area contributed by atoms with Gasteiger partial charge in [-0.15, -0.1) is 0 Å². The predicted octanol–water partition coefficient (Wildman–Crippen LogP) is 3.97. The summed E-state index contributed by atoms with van der Waals surface area (Å²) in [7, 11) is 1.58. The maximum atomic E-state index is 13.8. The highest BCUT2D eigenvalue weighted by Gasteiger charge is 2.26. The van der Waals surface area contributed by atoms with Crippen LogP contribution in [0.4, 0.5) is 10.1 Å². The summed E-state index contributed by atoms with van der Waals surface area (Å²) >= 11 is 0. The molecular formula is C24H21FN2O3. The number of nitrogens with one attached hydrogen (secondary N) is 1. The summed E-state index contributed by atoms with van der Waals surface area (Å²) in [5.74, 6) is -0.412. The lowest BCUT2D eigenvalue weighted by atomic mass is 10.1. The number of ether oxygens (including phenoxy) is 1. The molecule has 0 aromatic heterocycles. The second-order valence-electron chi connectivity index (χ2n) is 7.06. The summed E-state index contributed by atoms with van der Waals surface area (Å²) in [6, 6.07) is 18.7. The van der Waals surface area contributed by atoms with Gasteiger partial charge in [0.05, 0.1) is 12.7 Å². The largest absolute Gasteiger partial charge is 0.497 e. The van der Waals surface area contributed by atoms with Gasteiger partial charge in [-0.2, -0.15) is 0 Å². The first-order valence-electron chi connectivity index (χ1n) is 9.67. The quantitative estimate of drug-likeness (QED) is 0.700. The van der Waals surface area contributed by atoms with E-state index in [2.05, 4.69) is 5.32 Å². The highest BCUT2D eigenvalue weighted by atomic mass is 19.1. The van der Waals surface area contributed by atoms with E-state index in [1.807, 2.05) is 18.2 Å². The highest BCUT2D eigenvalue weighted by Crippen LogP contribution is 2.30. The molecule has 30 heavy (non-hydrogen) atoms. The maximum absolute atomic E-state index is 13.8. The van der Waals surface area contributed by atoms with Crippen LogP contribution in [0.3, 0.4) is 0 Å².